The summed E-state index contributed by atoms with van der Waals surface area (Å²) in [5.41, 5.74) is 5.90. The Morgan fingerprint density at radius 2 is 2.24 bits per heavy atom. The smallest absolute Gasteiger partial charge is 0.267 e. The van der Waals surface area contributed by atoms with Crippen LogP contribution in [0, 0.1) is 0 Å². The maximum absolute atomic E-state index is 12.4. The summed E-state index contributed by atoms with van der Waals surface area (Å²) in [7, 11) is 1.74. The lowest BCUT2D eigenvalue weighted by Gasteiger charge is -2.25. The van der Waals surface area contributed by atoms with Crippen molar-refractivity contribution in [3.8, 4) is 0 Å². The molecule has 1 aromatic heterocycles. The molecule has 118 valence electrons. The van der Waals surface area contributed by atoms with Gasteiger partial charge < -0.3 is 25.0 Å². The van der Waals surface area contributed by atoms with Crippen LogP contribution in [-0.4, -0.2) is 68.9 Å². The van der Waals surface area contributed by atoms with Gasteiger partial charge in [0.15, 0.2) is 5.13 Å². The molecule has 0 aliphatic carbocycles. The summed E-state index contributed by atoms with van der Waals surface area (Å²) in [6.45, 7) is 6.55. The molecule has 1 amide bonds. The molecule has 0 radical (unpaired) electrons. The first-order valence-electron chi connectivity index (χ1n) is 7.05. The number of nitrogens with two attached hydrogens (primary N) is 1. The van der Waals surface area contributed by atoms with E-state index in [0.717, 1.165) is 18.2 Å². The van der Waals surface area contributed by atoms with Gasteiger partial charge in [-0.05, 0) is 6.92 Å². The fraction of sp³-hybridized carbons (Fsp3) is 0.692. The molecule has 2 rings (SSSR count). The van der Waals surface area contributed by atoms with Crippen molar-refractivity contribution in [3.63, 3.8) is 0 Å². The van der Waals surface area contributed by atoms with Crippen molar-refractivity contribution >= 4 is 28.2 Å². The van der Waals surface area contributed by atoms with E-state index in [1.807, 2.05) is 6.92 Å². The lowest BCUT2D eigenvalue weighted by Crippen LogP contribution is -2.36. The highest BCUT2D eigenvalue weighted by Gasteiger charge is 2.23. The van der Waals surface area contributed by atoms with E-state index in [1.54, 1.807) is 11.9 Å². The van der Waals surface area contributed by atoms with Crippen LogP contribution in [0.25, 0.3) is 0 Å². The predicted octanol–water partition coefficient (Wildman–Crippen LogP) is 0.670. The third-order valence-corrected chi connectivity index (χ3v) is 4.36. The molecule has 0 spiro atoms. The number of nitrogen functional groups attached to an aromatic ring is 1. The quantitative estimate of drug-likeness (QED) is 0.777. The molecule has 8 heteroatoms. The summed E-state index contributed by atoms with van der Waals surface area (Å²) in [6.07, 6.45) is 0. The number of morpholine rings is 1. The first-order chi connectivity index (χ1) is 10.1. The molecular weight excluding hydrogens is 292 g/mol. The monoisotopic (exact) mass is 314 g/mol. The van der Waals surface area contributed by atoms with Crippen molar-refractivity contribution in [1.82, 2.24) is 9.88 Å². The number of thiazole rings is 1. The van der Waals surface area contributed by atoms with Crippen LogP contribution in [0.4, 0.5) is 10.9 Å². The van der Waals surface area contributed by atoms with Crippen molar-refractivity contribution < 1.29 is 14.3 Å². The number of carbonyl (C=O) groups excluding carboxylic acids is 1. The Labute approximate surface area is 128 Å². The van der Waals surface area contributed by atoms with Gasteiger partial charge in [-0.25, -0.2) is 4.98 Å². The van der Waals surface area contributed by atoms with Crippen molar-refractivity contribution in [1.29, 1.82) is 0 Å². The minimum atomic E-state index is -0.107. The Kier molecular flexibility index (Phi) is 5.77. The number of hydrogen-bond acceptors (Lipinski definition) is 7. The predicted molar refractivity (Wildman–Crippen MR) is 83.0 cm³/mol. The molecule has 1 aliphatic rings. The van der Waals surface area contributed by atoms with E-state index in [0.29, 0.717) is 43.7 Å². The summed E-state index contributed by atoms with van der Waals surface area (Å²) in [4.78, 5) is 20.9. The maximum atomic E-state index is 12.4. The number of nitrogens with zero attached hydrogens (tertiary/aromatic N) is 3. The Hall–Kier alpha value is -1.38. The van der Waals surface area contributed by atoms with Gasteiger partial charge >= 0.3 is 0 Å². The van der Waals surface area contributed by atoms with Gasteiger partial charge in [0.1, 0.15) is 10.7 Å². The number of hydrogen-bond donors (Lipinski definition) is 1. The summed E-state index contributed by atoms with van der Waals surface area (Å²) in [6, 6.07) is 0. The van der Waals surface area contributed by atoms with Gasteiger partial charge in [0, 0.05) is 33.3 Å². The lowest BCUT2D eigenvalue weighted by atomic mass is 10.4. The second-order valence-electron chi connectivity index (χ2n) is 4.73. The molecule has 2 heterocycles. The molecule has 0 atom stereocenters. The molecule has 1 aromatic rings. The average molecular weight is 314 g/mol. The van der Waals surface area contributed by atoms with Crippen LogP contribution >= 0.6 is 11.3 Å². The van der Waals surface area contributed by atoms with E-state index in [2.05, 4.69) is 9.88 Å². The molecule has 2 N–H and O–H groups in total. The molecule has 0 saturated carbocycles. The minimum Gasteiger partial charge on any atom is -0.382 e. The maximum Gasteiger partial charge on any atom is 0.267 e. The van der Waals surface area contributed by atoms with Gasteiger partial charge in [0.25, 0.3) is 5.91 Å². The molecule has 1 fully saturated rings. The van der Waals surface area contributed by atoms with Gasteiger partial charge in [-0.15, -0.1) is 0 Å². The largest absolute Gasteiger partial charge is 0.382 e. The zero-order valence-electron chi connectivity index (χ0n) is 12.5. The fourth-order valence-corrected chi connectivity index (χ4v) is 3.02. The first-order valence-corrected chi connectivity index (χ1v) is 7.87. The van der Waals surface area contributed by atoms with Crippen molar-refractivity contribution in [2.24, 2.45) is 0 Å². The zero-order valence-corrected chi connectivity index (χ0v) is 13.3. The molecule has 0 bridgehead atoms. The second-order valence-corrected chi connectivity index (χ2v) is 5.71. The number of rotatable bonds is 6. The number of anilines is 2. The van der Waals surface area contributed by atoms with Crippen LogP contribution in [0.3, 0.4) is 0 Å². The van der Waals surface area contributed by atoms with Crippen molar-refractivity contribution in [2.45, 2.75) is 6.92 Å². The zero-order chi connectivity index (χ0) is 15.2. The van der Waals surface area contributed by atoms with E-state index in [-0.39, 0.29) is 5.91 Å². The van der Waals surface area contributed by atoms with E-state index in [4.69, 9.17) is 15.2 Å². The van der Waals surface area contributed by atoms with Crippen LogP contribution in [0.1, 0.15) is 16.6 Å². The molecule has 0 unspecified atom stereocenters. The topological polar surface area (TPSA) is 80.9 Å². The average Bonchev–Trinajstić information content (AvgIpc) is 2.89. The molecule has 0 aromatic carbocycles. The van der Waals surface area contributed by atoms with Gasteiger partial charge in [0.2, 0.25) is 0 Å². The highest BCUT2D eigenvalue weighted by Crippen LogP contribution is 2.29. The Bertz CT molecular complexity index is 474. The Morgan fingerprint density at radius 3 is 2.90 bits per heavy atom. The highest BCUT2D eigenvalue weighted by molar-refractivity contribution is 7.18. The molecular formula is C13H22N4O3S. The van der Waals surface area contributed by atoms with Crippen LogP contribution in [0.2, 0.25) is 0 Å². The summed E-state index contributed by atoms with van der Waals surface area (Å²) in [5, 5.41) is 0.789. The molecule has 7 nitrogen and oxygen atoms in total. The van der Waals surface area contributed by atoms with Crippen LogP contribution in [0.5, 0.6) is 0 Å². The van der Waals surface area contributed by atoms with Gasteiger partial charge in [0.05, 0.1) is 19.8 Å². The number of aromatic nitrogens is 1. The number of ether oxygens (including phenoxy) is 2. The Balaban J connectivity index is 2.01. The number of amides is 1. The fourth-order valence-electron chi connectivity index (χ4n) is 1.98. The molecule has 1 saturated heterocycles. The third-order valence-electron chi connectivity index (χ3n) is 3.24. The highest BCUT2D eigenvalue weighted by atomic mass is 32.1. The van der Waals surface area contributed by atoms with Crippen LogP contribution in [0.15, 0.2) is 0 Å². The van der Waals surface area contributed by atoms with Gasteiger partial charge in [-0.2, -0.15) is 0 Å². The molecule has 21 heavy (non-hydrogen) atoms. The summed E-state index contributed by atoms with van der Waals surface area (Å²) >= 11 is 1.34. The van der Waals surface area contributed by atoms with Crippen LogP contribution < -0.4 is 10.6 Å². The molecule has 1 aliphatic heterocycles. The van der Waals surface area contributed by atoms with Gasteiger partial charge in [-0.1, -0.05) is 11.3 Å². The van der Waals surface area contributed by atoms with Gasteiger partial charge in [-0.3, -0.25) is 4.79 Å². The SMILES string of the molecule is CCOCCN(C)C(=O)c1sc(N2CCOCC2)nc1N. The Morgan fingerprint density at radius 1 is 1.52 bits per heavy atom. The third kappa shape index (κ3) is 4.05. The van der Waals surface area contributed by atoms with Crippen LogP contribution in [-0.2, 0) is 9.47 Å². The lowest BCUT2D eigenvalue weighted by molar-refractivity contribution is 0.0715. The van der Waals surface area contributed by atoms with E-state index < -0.39 is 0 Å². The first kappa shape index (κ1) is 16.0. The van der Waals surface area contributed by atoms with E-state index in [1.165, 1.54) is 11.3 Å². The standard InChI is InChI=1S/C13H22N4O3S/c1-3-19-7-4-16(2)12(18)10-11(14)15-13(21-10)17-5-8-20-9-6-17/h3-9,14H2,1-2H3. The summed E-state index contributed by atoms with van der Waals surface area (Å²) in [5.74, 6) is 0.193. The minimum absolute atomic E-state index is 0.107. The van der Waals surface area contributed by atoms with Crippen molar-refractivity contribution in [3.05, 3.63) is 4.88 Å². The van der Waals surface area contributed by atoms with E-state index in [9.17, 15) is 4.79 Å². The van der Waals surface area contributed by atoms with Crippen molar-refractivity contribution in [2.75, 3.05) is 63.7 Å². The summed E-state index contributed by atoms with van der Waals surface area (Å²) < 4.78 is 10.6. The van der Waals surface area contributed by atoms with E-state index >= 15 is 0 Å². The number of likely N-dealkylation sites (N-methyl/N-ethyl adjacent to an activating group) is 1. The second kappa shape index (κ2) is 7.58. The number of carbonyl (C=O) groups is 1. The normalized spacial score (nSPS) is 15.2.